The topological polar surface area (TPSA) is 46.2 Å². The van der Waals surface area contributed by atoms with Gasteiger partial charge in [0.25, 0.3) is 0 Å². The van der Waals surface area contributed by atoms with Crippen LogP contribution in [-0.2, 0) is 21.0 Å². The predicted molar refractivity (Wildman–Crippen MR) is 71.4 cm³/mol. The van der Waals surface area contributed by atoms with E-state index < -0.39 is 16.2 Å². The van der Waals surface area contributed by atoms with Gasteiger partial charge in [0.2, 0.25) is 5.91 Å². The number of rotatable bonds is 5. The highest BCUT2D eigenvalue weighted by Gasteiger charge is 2.29. The fourth-order valence-electron chi connectivity index (χ4n) is 1.53. The van der Waals surface area contributed by atoms with Gasteiger partial charge in [-0.2, -0.15) is 0 Å². The van der Waals surface area contributed by atoms with Gasteiger partial charge in [0.1, 0.15) is 5.82 Å². The van der Waals surface area contributed by atoms with Crippen LogP contribution in [0.15, 0.2) is 24.3 Å². The predicted octanol–water partition coefficient (Wildman–Crippen LogP) is 1.60. The van der Waals surface area contributed by atoms with Gasteiger partial charge in [-0.15, -0.1) is 0 Å². The van der Waals surface area contributed by atoms with Gasteiger partial charge in [0, 0.05) is 29.4 Å². The summed E-state index contributed by atoms with van der Waals surface area (Å²) < 4.78 is 23.7. The van der Waals surface area contributed by atoms with E-state index in [1.807, 2.05) is 0 Å². The fraction of sp³-hybridized carbons (Fsp3) is 0.462. The molecule has 1 amide bonds. The highest BCUT2D eigenvalue weighted by Crippen LogP contribution is 2.23. The summed E-state index contributed by atoms with van der Waals surface area (Å²) in [6.07, 6.45) is 1.59. The van der Waals surface area contributed by atoms with E-state index in [9.17, 15) is 13.4 Å². The number of nitrogens with one attached hydrogen (secondary N) is 1. The molecular formula is C13H18FNO2S. The molecule has 3 nitrogen and oxygen atoms in total. The van der Waals surface area contributed by atoms with Gasteiger partial charge in [-0.25, -0.2) is 4.39 Å². The molecule has 0 aromatic heterocycles. The van der Waals surface area contributed by atoms with Gasteiger partial charge in [-0.1, -0.05) is 12.1 Å². The normalized spacial score (nSPS) is 13.1. The number of amides is 1. The minimum atomic E-state index is -0.921. The van der Waals surface area contributed by atoms with Crippen LogP contribution in [0.5, 0.6) is 0 Å². The molecule has 0 spiro atoms. The number of carbonyl (C=O) groups excluding carboxylic acids is 1. The number of halogens is 1. The maximum Gasteiger partial charge on any atom is 0.230 e. The highest BCUT2D eigenvalue weighted by atomic mass is 32.2. The van der Waals surface area contributed by atoms with Gasteiger partial charge < -0.3 is 5.32 Å². The molecule has 0 aliphatic rings. The Balaban J connectivity index is 2.70. The summed E-state index contributed by atoms with van der Waals surface area (Å²) in [7, 11) is -0.921. The first-order valence-electron chi connectivity index (χ1n) is 5.68. The minimum absolute atomic E-state index is 0.153. The molecule has 0 heterocycles. The van der Waals surface area contributed by atoms with Crippen molar-refractivity contribution in [3.63, 3.8) is 0 Å². The molecule has 1 aromatic carbocycles. The lowest BCUT2D eigenvalue weighted by Crippen LogP contribution is -2.41. The van der Waals surface area contributed by atoms with Crippen LogP contribution in [-0.4, -0.2) is 28.7 Å². The molecule has 1 rings (SSSR count). The van der Waals surface area contributed by atoms with Gasteiger partial charge in [-0.3, -0.25) is 9.00 Å². The summed E-state index contributed by atoms with van der Waals surface area (Å²) in [4.78, 5) is 12.0. The zero-order chi connectivity index (χ0) is 13.8. The molecule has 0 fully saturated rings. The Morgan fingerprint density at radius 1 is 1.33 bits per heavy atom. The quantitative estimate of drug-likeness (QED) is 0.884. The van der Waals surface area contributed by atoms with Crippen LogP contribution in [0.3, 0.4) is 0 Å². The van der Waals surface area contributed by atoms with Crippen LogP contribution in [0.4, 0.5) is 4.39 Å². The van der Waals surface area contributed by atoms with E-state index in [0.29, 0.717) is 12.3 Å². The Kier molecular flexibility index (Phi) is 5.02. The molecule has 100 valence electrons. The highest BCUT2D eigenvalue weighted by molar-refractivity contribution is 7.84. The molecule has 0 bridgehead atoms. The molecule has 0 saturated heterocycles. The Morgan fingerprint density at radius 2 is 1.89 bits per heavy atom. The second-order valence-corrected chi connectivity index (χ2v) is 6.22. The lowest BCUT2D eigenvalue weighted by molar-refractivity contribution is -0.125. The van der Waals surface area contributed by atoms with Crippen molar-refractivity contribution < 1.29 is 13.4 Å². The maximum absolute atomic E-state index is 12.8. The van der Waals surface area contributed by atoms with Crippen molar-refractivity contribution in [1.29, 1.82) is 0 Å². The first-order valence-corrected chi connectivity index (χ1v) is 7.41. The van der Waals surface area contributed by atoms with E-state index in [1.54, 1.807) is 32.2 Å². The van der Waals surface area contributed by atoms with Crippen LogP contribution >= 0.6 is 0 Å². The van der Waals surface area contributed by atoms with E-state index in [4.69, 9.17) is 0 Å². The van der Waals surface area contributed by atoms with E-state index in [2.05, 4.69) is 5.32 Å². The van der Waals surface area contributed by atoms with Crippen LogP contribution in [0.2, 0.25) is 0 Å². The van der Waals surface area contributed by atoms with Gasteiger partial charge in [0.15, 0.2) is 0 Å². The SMILES string of the molecule is CS(=O)CCNC(=O)C(C)(C)c1ccc(F)cc1. The van der Waals surface area contributed by atoms with Crippen LogP contribution < -0.4 is 5.32 Å². The molecule has 1 N–H and O–H groups in total. The molecule has 1 unspecified atom stereocenters. The van der Waals surface area contributed by atoms with E-state index in [1.165, 1.54) is 12.1 Å². The zero-order valence-electron chi connectivity index (χ0n) is 10.8. The standard InChI is InChI=1S/C13H18FNO2S/c1-13(2,10-4-6-11(14)7-5-10)12(16)15-8-9-18(3)17/h4-7H,8-9H2,1-3H3,(H,15,16). The van der Waals surface area contributed by atoms with Gasteiger partial charge in [-0.05, 0) is 31.5 Å². The second-order valence-electron chi connectivity index (χ2n) is 4.67. The molecule has 0 saturated carbocycles. The Bertz CT molecular complexity index is 443. The largest absolute Gasteiger partial charge is 0.354 e. The number of benzene rings is 1. The summed E-state index contributed by atoms with van der Waals surface area (Å²) in [5, 5.41) is 2.74. The lowest BCUT2D eigenvalue weighted by atomic mass is 9.84. The van der Waals surface area contributed by atoms with Crippen molar-refractivity contribution in [2.75, 3.05) is 18.6 Å². The summed E-state index contributed by atoms with van der Waals surface area (Å²) in [5.41, 5.74) is 0.0159. The summed E-state index contributed by atoms with van der Waals surface area (Å²) in [5.74, 6) is -0.0403. The van der Waals surface area contributed by atoms with Crippen LogP contribution in [0, 0.1) is 5.82 Å². The average molecular weight is 271 g/mol. The Labute approximate surface area is 109 Å². The van der Waals surface area contributed by atoms with Crippen molar-refractivity contribution in [2.24, 2.45) is 0 Å². The zero-order valence-corrected chi connectivity index (χ0v) is 11.6. The maximum atomic E-state index is 12.8. The average Bonchev–Trinajstić information content (AvgIpc) is 2.28. The summed E-state index contributed by atoms with van der Waals surface area (Å²) in [6, 6.07) is 5.89. The first-order chi connectivity index (χ1) is 8.34. The fourth-order valence-corrected chi connectivity index (χ4v) is 1.92. The Morgan fingerprint density at radius 3 is 2.39 bits per heavy atom. The number of carbonyl (C=O) groups is 1. The number of hydrogen-bond donors (Lipinski definition) is 1. The van der Waals surface area contributed by atoms with Crippen molar-refractivity contribution in [3.8, 4) is 0 Å². The molecule has 1 aromatic rings. The van der Waals surface area contributed by atoms with Gasteiger partial charge in [0.05, 0.1) is 5.41 Å². The third kappa shape index (κ3) is 3.91. The van der Waals surface area contributed by atoms with Crippen molar-refractivity contribution in [1.82, 2.24) is 5.32 Å². The van der Waals surface area contributed by atoms with Crippen molar-refractivity contribution >= 4 is 16.7 Å². The van der Waals surface area contributed by atoms with E-state index in [0.717, 1.165) is 5.56 Å². The summed E-state index contributed by atoms with van der Waals surface area (Å²) in [6.45, 7) is 3.93. The molecule has 0 radical (unpaired) electrons. The van der Waals surface area contributed by atoms with E-state index in [-0.39, 0.29) is 11.7 Å². The molecule has 0 aliphatic carbocycles. The first kappa shape index (κ1) is 14.8. The molecule has 5 heteroatoms. The van der Waals surface area contributed by atoms with Crippen LogP contribution in [0.25, 0.3) is 0 Å². The lowest BCUT2D eigenvalue weighted by Gasteiger charge is -2.24. The monoisotopic (exact) mass is 271 g/mol. The summed E-state index contributed by atoms with van der Waals surface area (Å²) >= 11 is 0. The molecule has 1 atom stereocenters. The number of hydrogen-bond acceptors (Lipinski definition) is 2. The van der Waals surface area contributed by atoms with Crippen LogP contribution in [0.1, 0.15) is 19.4 Å². The molecule has 18 heavy (non-hydrogen) atoms. The Hall–Kier alpha value is -1.23. The minimum Gasteiger partial charge on any atom is -0.354 e. The molecular weight excluding hydrogens is 253 g/mol. The van der Waals surface area contributed by atoms with Gasteiger partial charge >= 0.3 is 0 Å². The smallest absolute Gasteiger partial charge is 0.230 e. The second kappa shape index (κ2) is 6.09. The van der Waals surface area contributed by atoms with E-state index >= 15 is 0 Å². The molecule has 0 aliphatic heterocycles. The third-order valence-electron chi connectivity index (χ3n) is 2.81. The third-order valence-corrected chi connectivity index (χ3v) is 3.59. The van der Waals surface area contributed by atoms with Crippen molar-refractivity contribution in [3.05, 3.63) is 35.6 Å². The van der Waals surface area contributed by atoms with Crippen molar-refractivity contribution in [2.45, 2.75) is 19.3 Å².